The molecule has 0 saturated carbocycles. The average Bonchev–Trinajstić information content (AvgIpc) is 0.779. The van der Waals surface area contributed by atoms with Gasteiger partial charge in [-0.25, -0.2) is 19.2 Å². The van der Waals surface area contributed by atoms with Gasteiger partial charge in [0.05, 0.1) is 50.7 Å². The molecule has 0 spiro atoms. The lowest BCUT2D eigenvalue weighted by atomic mass is 9.85. The van der Waals surface area contributed by atoms with E-state index < -0.39 is 23.9 Å². The Balaban J connectivity index is 0.939. The monoisotopic (exact) mass is 1270 g/mol. The smallest absolute Gasteiger partial charge is 0.343 e. The molecule has 12 aromatic rings. The summed E-state index contributed by atoms with van der Waals surface area (Å²) < 4.78 is 49.8. The summed E-state index contributed by atoms with van der Waals surface area (Å²) in [5.41, 5.74) is 14.3. The Labute approximate surface area is 553 Å². The van der Waals surface area contributed by atoms with Gasteiger partial charge in [0.2, 0.25) is 0 Å². The average molecular weight is 1270 g/mol. The summed E-state index contributed by atoms with van der Waals surface area (Å²) in [5.74, 6) is -0.834. The van der Waals surface area contributed by atoms with Crippen LogP contribution in [0.3, 0.4) is 0 Å². The van der Waals surface area contributed by atoms with Gasteiger partial charge in [0.15, 0.2) is 46.0 Å². The van der Waals surface area contributed by atoms with Crippen LogP contribution < -0.4 is 37.9 Å². The number of pyridine rings is 4. The van der Waals surface area contributed by atoms with Crippen LogP contribution in [0, 0.1) is 0 Å². The Bertz CT molecular complexity index is 4840. The van der Waals surface area contributed by atoms with Crippen LogP contribution in [-0.4, -0.2) is 72.3 Å². The molecular formula is C80H60N4O12. The van der Waals surface area contributed by atoms with E-state index in [1.807, 2.05) is 121 Å². The van der Waals surface area contributed by atoms with Crippen molar-refractivity contribution >= 4 is 23.9 Å². The number of rotatable bonds is 16. The first kappa shape index (κ1) is 62.3. The maximum atomic E-state index is 14.3. The van der Waals surface area contributed by atoms with Crippen molar-refractivity contribution in [2.24, 2.45) is 0 Å². The third kappa shape index (κ3) is 13.7. The van der Waals surface area contributed by atoms with Crippen molar-refractivity contribution in [1.82, 2.24) is 19.9 Å². The van der Waals surface area contributed by atoms with Gasteiger partial charge in [-0.3, -0.25) is 19.9 Å². The topological polar surface area (TPSA) is 194 Å². The summed E-state index contributed by atoms with van der Waals surface area (Å²) in [5, 5.41) is 0. The molecule has 0 bridgehead atoms. The minimum Gasteiger partial charge on any atom is -0.493 e. The molecule has 0 unspecified atom stereocenters. The van der Waals surface area contributed by atoms with Gasteiger partial charge in [0.1, 0.15) is 0 Å². The first-order valence-corrected chi connectivity index (χ1v) is 30.7. The van der Waals surface area contributed by atoms with Crippen molar-refractivity contribution in [1.29, 1.82) is 0 Å². The van der Waals surface area contributed by atoms with Gasteiger partial charge in [-0.15, -0.1) is 0 Å². The molecule has 4 aromatic heterocycles. The van der Waals surface area contributed by atoms with Crippen LogP contribution in [0.25, 0.3) is 44.5 Å². The third-order valence-electron chi connectivity index (χ3n) is 16.8. The summed E-state index contributed by atoms with van der Waals surface area (Å²) in [6, 6.07) is 58.0. The van der Waals surface area contributed by atoms with Crippen molar-refractivity contribution in [2.75, 3.05) is 28.4 Å². The van der Waals surface area contributed by atoms with Crippen LogP contribution in [0.5, 0.6) is 46.0 Å². The van der Waals surface area contributed by atoms with Crippen LogP contribution in [0.1, 0.15) is 85.9 Å². The van der Waals surface area contributed by atoms with E-state index in [0.29, 0.717) is 44.5 Å². The molecule has 0 radical (unpaired) electrons. The van der Waals surface area contributed by atoms with Gasteiger partial charge in [0.25, 0.3) is 0 Å². The van der Waals surface area contributed by atoms with Crippen LogP contribution in [0.15, 0.2) is 244 Å². The summed E-state index contributed by atoms with van der Waals surface area (Å²) in [7, 11) is 6.03. The Hall–Kier alpha value is -12.6. The van der Waals surface area contributed by atoms with Crippen LogP contribution >= 0.6 is 0 Å². The molecule has 0 N–H and O–H groups in total. The largest absolute Gasteiger partial charge is 0.493 e. The van der Waals surface area contributed by atoms with E-state index in [0.717, 1.165) is 66.8 Å². The molecule has 0 amide bonds. The Morgan fingerprint density at radius 3 is 0.760 bits per heavy atom. The van der Waals surface area contributed by atoms with Gasteiger partial charge in [-0.05, 0) is 242 Å². The first-order valence-electron chi connectivity index (χ1n) is 30.7. The van der Waals surface area contributed by atoms with Crippen LogP contribution in [-0.2, 0) is 25.7 Å². The van der Waals surface area contributed by atoms with E-state index in [1.165, 1.54) is 28.4 Å². The fourth-order valence-electron chi connectivity index (χ4n) is 11.8. The van der Waals surface area contributed by atoms with Crippen molar-refractivity contribution in [3.8, 4) is 90.5 Å². The second kappa shape index (κ2) is 28.1. The fourth-order valence-corrected chi connectivity index (χ4v) is 11.8. The zero-order valence-corrected chi connectivity index (χ0v) is 52.6. The highest BCUT2D eigenvalue weighted by Crippen LogP contribution is 2.44. The maximum absolute atomic E-state index is 14.3. The second-order valence-electron chi connectivity index (χ2n) is 22.6. The fraction of sp³-hybridized carbons (Fsp3) is 0.100. The minimum atomic E-state index is -0.630. The number of carbonyl (C=O) groups excluding carboxylic acids is 4. The van der Waals surface area contributed by atoms with Gasteiger partial charge in [0, 0.05) is 61.6 Å². The third-order valence-corrected chi connectivity index (χ3v) is 16.8. The SMILES string of the molecule is COc1cc2c(cc1OC(=O)c1ccc(-c3ccncc3)cc1)Cc1cc(OC)c(OC(=O)c3ccc(-c4ccncc4)cc3)cc1Cc1c(ccc(OC(=O)c3ccc(-c4ccncc4)cc3)c1OC)Cc1cc(OC)c(OC(=O)c3ccc(-c4ccncc4)cc3)cc1C2. The van der Waals surface area contributed by atoms with E-state index in [2.05, 4.69) is 19.9 Å². The molecular weight excluding hydrogens is 1210 g/mol. The molecule has 96 heavy (non-hydrogen) atoms. The number of hydrogen-bond acceptors (Lipinski definition) is 16. The number of methoxy groups -OCH3 is 4. The molecule has 13 rings (SSSR count). The number of benzene rings is 8. The molecule has 472 valence electrons. The lowest BCUT2D eigenvalue weighted by molar-refractivity contribution is 0.0720. The Kier molecular flexibility index (Phi) is 18.2. The summed E-state index contributed by atoms with van der Waals surface area (Å²) in [6.07, 6.45) is 14.4. The van der Waals surface area contributed by atoms with Crippen molar-refractivity contribution < 1.29 is 57.1 Å². The molecule has 1 aliphatic carbocycles. The van der Waals surface area contributed by atoms with E-state index in [-0.39, 0.29) is 71.7 Å². The van der Waals surface area contributed by atoms with Crippen molar-refractivity contribution in [3.63, 3.8) is 0 Å². The number of hydrogen-bond donors (Lipinski definition) is 0. The molecule has 16 nitrogen and oxygen atoms in total. The highest BCUT2D eigenvalue weighted by Gasteiger charge is 2.28. The number of nitrogens with zero attached hydrogens (tertiary/aromatic N) is 4. The molecule has 0 saturated heterocycles. The predicted octanol–water partition coefficient (Wildman–Crippen LogP) is 15.5. The lowest BCUT2D eigenvalue weighted by Gasteiger charge is -2.24. The highest BCUT2D eigenvalue weighted by molar-refractivity contribution is 5.94. The minimum absolute atomic E-state index is 0.111. The zero-order valence-electron chi connectivity index (χ0n) is 52.6. The molecule has 1 aliphatic rings. The number of carbonyl (C=O) groups is 4. The van der Waals surface area contributed by atoms with Gasteiger partial charge in [-0.2, -0.15) is 0 Å². The number of ether oxygens (including phenoxy) is 8. The Morgan fingerprint density at radius 1 is 0.250 bits per heavy atom. The van der Waals surface area contributed by atoms with Gasteiger partial charge in [-0.1, -0.05) is 54.6 Å². The molecule has 0 fully saturated rings. The highest BCUT2D eigenvalue weighted by atomic mass is 16.6. The van der Waals surface area contributed by atoms with Crippen LogP contribution in [0.2, 0.25) is 0 Å². The molecule has 8 aromatic carbocycles. The quantitative estimate of drug-likeness (QED) is 0.0654. The van der Waals surface area contributed by atoms with Gasteiger partial charge < -0.3 is 37.9 Å². The zero-order chi connectivity index (χ0) is 66.1. The molecule has 4 heterocycles. The molecule has 0 aliphatic heterocycles. The van der Waals surface area contributed by atoms with Crippen LogP contribution in [0.4, 0.5) is 0 Å². The maximum Gasteiger partial charge on any atom is 0.343 e. The summed E-state index contributed by atoms with van der Waals surface area (Å²) in [4.78, 5) is 73.7. The molecule has 0 atom stereocenters. The number of esters is 4. The number of aromatic nitrogens is 4. The van der Waals surface area contributed by atoms with E-state index in [1.54, 1.807) is 122 Å². The van der Waals surface area contributed by atoms with E-state index in [4.69, 9.17) is 37.9 Å². The van der Waals surface area contributed by atoms with Crippen molar-refractivity contribution in [3.05, 3.63) is 310 Å². The first-order chi connectivity index (χ1) is 47.0. The lowest BCUT2D eigenvalue weighted by Crippen LogP contribution is -2.14. The standard InChI is InChI=1S/C80H60N4O12/c1-89-70-43-62-39-61-21-22-69(93-77(85)57-13-5-49(6-14-57)53-23-31-81-32-24-53)76(92-4)68(61)42-67-48-75(96-80(88)60-19-11-52(12-20-60)56-29-37-84-38-30-56)72(91-3)45-64(67)41-66-47-74(95-79(87)59-17-9-51(10-18-59)55-27-35-83-36-28-55)71(90-2)44-63(66)40-65(62)46-73(70)94-78(86)58-15-7-50(8-16-58)54-25-33-82-34-26-54/h5-38,43-48H,39-42H2,1-4H3. The van der Waals surface area contributed by atoms with Crippen molar-refractivity contribution in [2.45, 2.75) is 25.7 Å². The molecule has 16 heteroatoms. The number of fused-ring (bicyclic) bond motifs is 4. The second-order valence-corrected chi connectivity index (χ2v) is 22.6. The normalized spacial score (nSPS) is 11.5. The summed E-state index contributed by atoms with van der Waals surface area (Å²) in [6.45, 7) is 0. The van der Waals surface area contributed by atoms with E-state index >= 15 is 0 Å². The Morgan fingerprint density at radius 2 is 0.490 bits per heavy atom. The summed E-state index contributed by atoms with van der Waals surface area (Å²) >= 11 is 0. The van der Waals surface area contributed by atoms with E-state index in [9.17, 15) is 19.2 Å². The predicted molar refractivity (Wildman–Crippen MR) is 362 cm³/mol. The van der Waals surface area contributed by atoms with Gasteiger partial charge >= 0.3 is 23.9 Å².